The largest absolute Gasteiger partial charge is 0.467 e. The van der Waals surface area contributed by atoms with E-state index >= 15 is 0 Å². The lowest BCUT2D eigenvalue weighted by Gasteiger charge is -2.41. The molecule has 2 aromatic rings. The number of nitrogens with one attached hydrogen (secondary N) is 1. The molecular formula is C32H45N3O4. The Hall–Kier alpha value is -2.48. The van der Waals surface area contributed by atoms with Crippen molar-refractivity contribution in [2.75, 3.05) is 45.3 Å². The van der Waals surface area contributed by atoms with E-state index in [9.17, 15) is 4.79 Å². The first-order valence-electron chi connectivity index (χ1n) is 15.0. The molecule has 0 radical (unpaired) electrons. The fraction of sp³-hybridized carbons (Fsp3) is 0.625. The Balaban J connectivity index is 1.19. The maximum Gasteiger partial charge on any atom is 0.330 e. The van der Waals surface area contributed by atoms with E-state index in [4.69, 9.17) is 19.2 Å². The number of fused-ring (bicyclic) bond motifs is 1. The van der Waals surface area contributed by atoms with Crippen LogP contribution in [0.3, 0.4) is 0 Å². The standard InChI is InChI=1S/C32H45N3O4/c1-3-32(31(36)37-2,28-14-5-4-13-27(28)29-15-7-9-22-39-29)35-20-18-26(23-35)38-21-8-6-12-25-17-16-24-11-10-19-33-30(24)34-25/h4-5,13-14,16-17,26,29H,3,6-12,15,18-23H2,1-2H3,(H,33,34)/t26-,29?,32?/m1/s1. The molecule has 0 spiro atoms. The van der Waals surface area contributed by atoms with Crippen LogP contribution in [0, 0.1) is 0 Å². The second kappa shape index (κ2) is 13.2. The number of anilines is 1. The zero-order valence-electron chi connectivity index (χ0n) is 23.8. The van der Waals surface area contributed by atoms with E-state index in [0.29, 0.717) is 6.42 Å². The van der Waals surface area contributed by atoms with Crippen LogP contribution in [0.4, 0.5) is 5.82 Å². The average Bonchev–Trinajstić information content (AvgIpc) is 3.47. The molecule has 0 saturated carbocycles. The van der Waals surface area contributed by atoms with Crippen LogP contribution in [-0.2, 0) is 37.4 Å². The normalized spacial score (nSPS) is 23.0. The van der Waals surface area contributed by atoms with E-state index < -0.39 is 5.54 Å². The SMILES string of the molecule is CCC(C(=O)OC)(c1ccccc1C1CCCCO1)N1CC[C@@H](OCCCCc2ccc3c(n2)NCCC3)C1. The second-order valence-corrected chi connectivity index (χ2v) is 11.2. The van der Waals surface area contributed by atoms with Gasteiger partial charge in [0.15, 0.2) is 0 Å². The summed E-state index contributed by atoms with van der Waals surface area (Å²) in [5.41, 5.74) is 3.81. The van der Waals surface area contributed by atoms with Crippen molar-refractivity contribution in [3.05, 3.63) is 58.8 Å². The minimum absolute atomic E-state index is 0.0283. The smallest absolute Gasteiger partial charge is 0.330 e. The van der Waals surface area contributed by atoms with Crippen LogP contribution in [0.15, 0.2) is 36.4 Å². The van der Waals surface area contributed by atoms with Gasteiger partial charge in [0.2, 0.25) is 0 Å². The Kier molecular flexibility index (Phi) is 9.53. The highest BCUT2D eigenvalue weighted by atomic mass is 16.5. The Morgan fingerprint density at radius 3 is 2.87 bits per heavy atom. The Morgan fingerprint density at radius 2 is 2.05 bits per heavy atom. The van der Waals surface area contributed by atoms with Gasteiger partial charge in [0.25, 0.3) is 0 Å². The second-order valence-electron chi connectivity index (χ2n) is 11.2. The van der Waals surface area contributed by atoms with Crippen LogP contribution >= 0.6 is 0 Å². The predicted octanol–water partition coefficient (Wildman–Crippen LogP) is 5.57. The van der Waals surface area contributed by atoms with Gasteiger partial charge in [0, 0.05) is 38.5 Å². The van der Waals surface area contributed by atoms with Gasteiger partial charge in [0.05, 0.1) is 19.3 Å². The van der Waals surface area contributed by atoms with Crippen LogP contribution in [0.2, 0.25) is 0 Å². The van der Waals surface area contributed by atoms with E-state index in [1.54, 1.807) is 0 Å². The molecular weight excluding hydrogens is 490 g/mol. The number of hydrogen-bond donors (Lipinski definition) is 1. The number of carbonyl (C=O) groups is 1. The van der Waals surface area contributed by atoms with Crippen LogP contribution in [0.5, 0.6) is 0 Å². The summed E-state index contributed by atoms with van der Waals surface area (Å²) in [6, 6.07) is 12.7. The molecule has 7 heteroatoms. The minimum atomic E-state index is -0.837. The molecule has 5 rings (SSSR count). The number of pyridine rings is 1. The summed E-state index contributed by atoms with van der Waals surface area (Å²) in [6.07, 6.45) is 10.3. The summed E-state index contributed by atoms with van der Waals surface area (Å²) in [5, 5.41) is 3.43. The number of aromatic nitrogens is 1. The monoisotopic (exact) mass is 535 g/mol. The third-order valence-electron chi connectivity index (χ3n) is 8.79. The maximum absolute atomic E-state index is 13.6. The van der Waals surface area contributed by atoms with Crippen molar-refractivity contribution < 1.29 is 19.0 Å². The molecule has 1 aromatic carbocycles. The molecule has 2 saturated heterocycles. The van der Waals surface area contributed by atoms with Crippen molar-refractivity contribution in [3.63, 3.8) is 0 Å². The lowest BCUT2D eigenvalue weighted by Crippen LogP contribution is -2.52. The predicted molar refractivity (Wildman–Crippen MR) is 153 cm³/mol. The van der Waals surface area contributed by atoms with E-state index in [0.717, 1.165) is 107 Å². The number of hydrogen-bond acceptors (Lipinski definition) is 7. The van der Waals surface area contributed by atoms with Gasteiger partial charge in [-0.3, -0.25) is 4.90 Å². The molecule has 2 unspecified atom stereocenters. The summed E-state index contributed by atoms with van der Waals surface area (Å²) >= 11 is 0. The lowest BCUT2D eigenvalue weighted by atomic mass is 9.80. The van der Waals surface area contributed by atoms with E-state index in [2.05, 4.69) is 47.5 Å². The first-order valence-corrected chi connectivity index (χ1v) is 15.0. The Bertz CT molecular complexity index is 1100. The van der Waals surface area contributed by atoms with E-state index in [-0.39, 0.29) is 18.2 Å². The number of rotatable bonds is 11. The number of esters is 1. The topological polar surface area (TPSA) is 72.9 Å². The number of methoxy groups -OCH3 is 1. The number of benzene rings is 1. The number of aryl methyl sites for hydroxylation is 2. The molecule has 39 heavy (non-hydrogen) atoms. The van der Waals surface area contributed by atoms with Gasteiger partial charge in [-0.05, 0) is 87.0 Å². The Morgan fingerprint density at radius 1 is 1.15 bits per heavy atom. The summed E-state index contributed by atoms with van der Waals surface area (Å²) in [5.74, 6) is 0.878. The molecule has 3 aliphatic heterocycles. The van der Waals surface area contributed by atoms with Crippen molar-refractivity contribution >= 4 is 11.8 Å². The molecule has 0 bridgehead atoms. The molecule has 0 aliphatic carbocycles. The maximum atomic E-state index is 13.6. The minimum Gasteiger partial charge on any atom is -0.467 e. The fourth-order valence-electron chi connectivity index (χ4n) is 6.65. The fourth-order valence-corrected chi connectivity index (χ4v) is 6.65. The molecule has 212 valence electrons. The quantitative estimate of drug-likeness (QED) is 0.298. The van der Waals surface area contributed by atoms with E-state index in [1.165, 1.54) is 19.1 Å². The zero-order valence-corrected chi connectivity index (χ0v) is 23.8. The molecule has 7 nitrogen and oxygen atoms in total. The van der Waals surface area contributed by atoms with Crippen LogP contribution in [0.25, 0.3) is 0 Å². The number of unbranched alkanes of at least 4 members (excludes halogenated alkanes) is 1. The molecule has 3 aliphatic rings. The summed E-state index contributed by atoms with van der Waals surface area (Å²) in [4.78, 5) is 20.7. The zero-order chi connectivity index (χ0) is 27.1. The van der Waals surface area contributed by atoms with Crippen molar-refractivity contribution in [3.8, 4) is 0 Å². The highest BCUT2D eigenvalue weighted by Crippen LogP contribution is 2.42. The number of nitrogens with zero attached hydrogens (tertiary/aromatic N) is 2. The highest BCUT2D eigenvalue weighted by molar-refractivity contribution is 5.83. The van der Waals surface area contributed by atoms with Crippen molar-refractivity contribution in [1.29, 1.82) is 0 Å². The average molecular weight is 536 g/mol. The van der Waals surface area contributed by atoms with Gasteiger partial charge >= 0.3 is 5.97 Å². The lowest BCUT2D eigenvalue weighted by molar-refractivity contribution is -0.156. The molecule has 0 amide bonds. The van der Waals surface area contributed by atoms with E-state index in [1.807, 2.05) is 6.07 Å². The van der Waals surface area contributed by atoms with Crippen molar-refractivity contribution in [1.82, 2.24) is 9.88 Å². The number of likely N-dealkylation sites (tertiary alicyclic amines) is 1. The van der Waals surface area contributed by atoms with Gasteiger partial charge in [-0.15, -0.1) is 0 Å². The van der Waals surface area contributed by atoms with Crippen LogP contribution in [-0.4, -0.2) is 61.9 Å². The van der Waals surface area contributed by atoms with Gasteiger partial charge in [-0.1, -0.05) is 37.3 Å². The molecule has 3 atom stereocenters. The first-order chi connectivity index (χ1) is 19.2. The third kappa shape index (κ3) is 6.16. The van der Waals surface area contributed by atoms with Gasteiger partial charge in [0.1, 0.15) is 11.4 Å². The molecule has 1 aromatic heterocycles. The van der Waals surface area contributed by atoms with Gasteiger partial charge in [-0.2, -0.15) is 0 Å². The molecule has 4 heterocycles. The number of carbonyl (C=O) groups excluding carboxylic acids is 1. The molecule has 1 N–H and O–H groups in total. The third-order valence-corrected chi connectivity index (χ3v) is 8.79. The summed E-state index contributed by atoms with van der Waals surface area (Å²) in [6.45, 7) is 6.14. The van der Waals surface area contributed by atoms with Gasteiger partial charge in [-0.25, -0.2) is 9.78 Å². The summed E-state index contributed by atoms with van der Waals surface area (Å²) in [7, 11) is 1.50. The summed E-state index contributed by atoms with van der Waals surface area (Å²) < 4.78 is 18.0. The van der Waals surface area contributed by atoms with Crippen molar-refractivity contribution in [2.24, 2.45) is 0 Å². The van der Waals surface area contributed by atoms with Crippen LogP contribution < -0.4 is 5.32 Å². The van der Waals surface area contributed by atoms with Crippen molar-refractivity contribution in [2.45, 2.75) is 88.9 Å². The number of ether oxygens (including phenoxy) is 3. The Labute approximate surface area is 233 Å². The highest BCUT2D eigenvalue weighted by Gasteiger charge is 2.49. The van der Waals surface area contributed by atoms with Crippen LogP contribution in [0.1, 0.15) is 86.8 Å². The molecule has 2 fully saturated rings. The first kappa shape index (κ1) is 28.1. The van der Waals surface area contributed by atoms with Gasteiger partial charge < -0.3 is 19.5 Å².